The lowest BCUT2D eigenvalue weighted by Crippen LogP contribution is -2.45. The van der Waals surface area contributed by atoms with Crippen LogP contribution in [0.3, 0.4) is 0 Å². The zero-order valence-corrected chi connectivity index (χ0v) is 10.5. The summed E-state index contributed by atoms with van der Waals surface area (Å²) >= 11 is 0. The van der Waals surface area contributed by atoms with E-state index in [0.29, 0.717) is 6.54 Å². The summed E-state index contributed by atoms with van der Waals surface area (Å²) in [5, 5.41) is 6.38. The number of carbonyl (C=O) groups is 1. The molecule has 3 rings (SSSR count). The van der Waals surface area contributed by atoms with E-state index in [1.807, 2.05) is 4.90 Å². The summed E-state index contributed by atoms with van der Waals surface area (Å²) in [5.41, 5.74) is 3.88. The maximum Gasteiger partial charge on any atom is 0.317 e. The second kappa shape index (κ2) is 4.88. The van der Waals surface area contributed by atoms with Gasteiger partial charge in [0.15, 0.2) is 0 Å². The van der Waals surface area contributed by atoms with Crippen molar-refractivity contribution in [3.8, 4) is 0 Å². The van der Waals surface area contributed by atoms with E-state index in [-0.39, 0.29) is 6.03 Å². The number of benzene rings is 1. The van der Waals surface area contributed by atoms with Crippen LogP contribution < -0.4 is 10.6 Å². The molecule has 0 unspecified atom stereocenters. The number of aryl methyl sites for hydroxylation is 1. The lowest BCUT2D eigenvalue weighted by Gasteiger charge is -2.29. The minimum atomic E-state index is 0.0645. The maximum atomic E-state index is 11.8. The Balaban J connectivity index is 1.81. The molecule has 4 nitrogen and oxygen atoms in total. The smallest absolute Gasteiger partial charge is 0.317 e. The van der Waals surface area contributed by atoms with Crippen molar-refractivity contribution in [2.45, 2.75) is 25.8 Å². The van der Waals surface area contributed by atoms with E-state index in [1.165, 1.54) is 23.2 Å². The number of hydrogen-bond acceptors (Lipinski definition) is 2. The van der Waals surface area contributed by atoms with Crippen LogP contribution in [0.15, 0.2) is 18.2 Å². The fourth-order valence-corrected chi connectivity index (χ4v) is 2.75. The van der Waals surface area contributed by atoms with Crippen molar-refractivity contribution >= 4 is 11.7 Å². The Bertz CT molecular complexity index is 458. The zero-order chi connectivity index (χ0) is 12.4. The predicted octanol–water partition coefficient (Wildman–Crippen LogP) is 1.96. The third kappa shape index (κ3) is 2.15. The molecule has 0 saturated carbocycles. The molecule has 2 heterocycles. The van der Waals surface area contributed by atoms with Crippen molar-refractivity contribution in [3.63, 3.8) is 0 Å². The van der Waals surface area contributed by atoms with Crippen molar-refractivity contribution in [2.24, 2.45) is 0 Å². The van der Waals surface area contributed by atoms with Crippen LogP contribution in [-0.4, -0.2) is 30.6 Å². The first-order valence-electron chi connectivity index (χ1n) is 6.72. The number of hydrogen-bond donors (Lipinski definition) is 2. The summed E-state index contributed by atoms with van der Waals surface area (Å²) < 4.78 is 0. The van der Waals surface area contributed by atoms with Gasteiger partial charge in [0, 0.05) is 31.9 Å². The standard InChI is InChI=1S/C14H19N3O/c18-14-16-8-3-9-17(14)10-12-5-1-4-11-6-2-7-15-13(11)12/h1,4-5,15H,2-3,6-10H2,(H,16,18). The van der Waals surface area contributed by atoms with E-state index in [1.54, 1.807) is 0 Å². The third-order valence-corrected chi connectivity index (χ3v) is 3.69. The number of anilines is 1. The monoisotopic (exact) mass is 245 g/mol. The first-order valence-corrected chi connectivity index (χ1v) is 6.72. The second-order valence-corrected chi connectivity index (χ2v) is 4.99. The molecule has 2 aliphatic heterocycles. The van der Waals surface area contributed by atoms with Crippen LogP contribution in [0.1, 0.15) is 24.0 Å². The van der Waals surface area contributed by atoms with Gasteiger partial charge < -0.3 is 15.5 Å². The predicted molar refractivity (Wildman–Crippen MR) is 71.7 cm³/mol. The molecule has 0 radical (unpaired) electrons. The minimum absolute atomic E-state index is 0.0645. The number of urea groups is 1. The van der Waals surface area contributed by atoms with Crippen LogP contribution in [0, 0.1) is 0 Å². The van der Waals surface area contributed by atoms with Gasteiger partial charge in [0.05, 0.1) is 0 Å². The molecule has 2 aliphatic rings. The van der Waals surface area contributed by atoms with Gasteiger partial charge in [-0.1, -0.05) is 18.2 Å². The molecule has 4 heteroatoms. The molecule has 0 atom stereocenters. The molecule has 0 aromatic heterocycles. The quantitative estimate of drug-likeness (QED) is 0.836. The highest BCUT2D eigenvalue weighted by molar-refractivity contribution is 5.75. The Morgan fingerprint density at radius 2 is 2.06 bits per heavy atom. The summed E-state index contributed by atoms with van der Waals surface area (Å²) in [7, 11) is 0. The second-order valence-electron chi connectivity index (χ2n) is 4.99. The van der Waals surface area contributed by atoms with E-state index in [9.17, 15) is 4.79 Å². The number of fused-ring (bicyclic) bond motifs is 1. The normalized spacial score (nSPS) is 18.9. The lowest BCUT2D eigenvalue weighted by atomic mass is 9.99. The zero-order valence-electron chi connectivity index (χ0n) is 10.5. The Morgan fingerprint density at radius 3 is 2.94 bits per heavy atom. The molecule has 1 fully saturated rings. The highest BCUT2D eigenvalue weighted by Crippen LogP contribution is 2.27. The molecule has 2 amide bonds. The number of nitrogens with one attached hydrogen (secondary N) is 2. The molecule has 0 aliphatic carbocycles. The van der Waals surface area contributed by atoms with Gasteiger partial charge in [0.1, 0.15) is 0 Å². The van der Waals surface area contributed by atoms with E-state index < -0.39 is 0 Å². The molecule has 0 bridgehead atoms. The Labute approximate surface area is 107 Å². The van der Waals surface area contributed by atoms with Gasteiger partial charge in [-0.2, -0.15) is 0 Å². The number of rotatable bonds is 2. The van der Waals surface area contributed by atoms with Gasteiger partial charge >= 0.3 is 6.03 Å². The lowest BCUT2D eigenvalue weighted by molar-refractivity contribution is 0.183. The van der Waals surface area contributed by atoms with Crippen molar-refractivity contribution in [1.29, 1.82) is 0 Å². The topological polar surface area (TPSA) is 44.4 Å². The van der Waals surface area contributed by atoms with Gasteiger partial charge in [-0.05, 0) is 30.4 Å². The molecule has 1 saturated heterocycles. The van der Waals surface area contributed by atoms with E-state index >= 15 is 0 Å². The van der Waals surface area contributed by atoms with Crippen molar-refractivity contribution < 1.29 is 4.79 Å². The van der Waals surface area contributed by atoms with Gasteiger partial charge in [0.2, 0.25) is 0 Å². The molecule has 1 aromatic carbocycles. The fourth-order valence-electron chi connectivity index (χ4n) is 2.75. The number of para-hydroxylation sites is 1. The average molecular weight is 245 g/mol. The van der Waals surface area contributed by atoms with Crippen LogP contribution in [0.2, 0.25) is 0 Å². The molecule has 2 N–H and O–H groups in total. The van der Waals surface area contributed by atoms with Gasteiger partial charge in [0.25, 0.3) is 0 Å². The first kappa shape index (κ1) is 11.4. The van der Waals surface area contributed by atoms with Crippen LogP contribution in [-0.2, 0) is 13.0 Å². The summed E-state index contributed by atoms with van der Waals surface area (Å²) in [6.45, 7) is 3.41. The van der Waals surface area contributed by atoms with Crippen molar-refractivity contribution in [3.05, 3.63) is 29.3 Å². The summed E-state index contributed by atoms with van der Waals surface area (Å²) in [5.74, 6) is 0. The number of nitrogens with zero attached hydrogens (tertiary/aromatic N) is 1. The largest absolute Gasteiger partial charge is 0.385 e. The van der Waals surface area contributed by atoms with Crippen LogP contribution in [0.5, 0.6) is 0 Å². The van der Waals surface area contributed by atoms with Gasteiger partial charge in [-0.25, -0.2) is 4.79 Å². The summed E-state index contributed by atoms with van der Waals surface area (Å²) in [6, 6.07) is 6.47. The molecule has 18 heavy (non-hydrogen) atoms. The van der Waals surface area contributed by atoms with Crippen molar-refractivity contribution in [2.75, 3.05) is 25.0 Å². The molecular weight excluding hydrogens is 226 g/mol. The maximum absolute atomic E-state index is 11.8. The molecule has 0 spiro atoms. The van der Waals surface area contributed by atoms with Crippen LogP contribution in [0.4, 0.5) is 10.5 Å². The highest BCUT2D eigenvalue weighted by atomic mass is 16.2. The van der Waals surface area contributed by atoms with E-state index in [0.717, 1.165) is 32.5 Å². The fraction of sp³-hybridized carbons (Fsp3) is 0.500. The third-order valence-electron chi connectivity index (χ3n) is 3.69. The average Bonchev–Trinajstić information content (AvgIpc) is 2.42. The van der Waals surface area contributed by atoms with E-state index in [4.69, 9.17) is 0 Å². The summed E-state index contributed by atoms with van der Waals surface area (Å²) in [6.07, 6.45) is 3.37. The Kier molecular flexibility index (Phi) is 3.09. The SMILES string of the molecule is O=C1NCCCN1Cc1cccc2c1NCCC2. The minimum Gasteiger partial charge on any atom is -0.385 e. The Morgan fingerprint density at radius 1 is 1.17 bits per heavy atom. The molecule has 1 aromatic rings. The first-order chi connectivity index (χ1) is 8.84. The highest BCUT2D eigenvalue weighted by Gasteiger charge is 2.20. The van der Waals surface area contributed by atoms with Gasteiger partial charge in [-0.3, -0.25) is 0 Å². The number of amides is 2. The van der Waals surface area contributed by atoms with Crippen LogP contribution in [0.25, 0.3) is 0 Å². The molecular formula is C14H19N3O. The Hall–Kier alpha value is -1.71. The van der Waals surface area contributed by atoms with Gasteiger partial charge in [-0.15, -0.1) is 0 Å². The summed E-state index contributed by atoms with van der Waals surface area (Å²) in [4.78, 5) is 13.7. The van der Waals surface area contributed by atoms with E-state index in [2.05, 4.69) is 28.8 Å². The van der Waals surface area contributed by atoms with Crippen LogP contribution >= 0.6 is 0 Å². The van der Waals surface area contributed by atoms with Crippen molar-refractivity contribution in [1.82, 2.24) is 10.2 Å². The number of carbonyl (C=O) groups excluding carboxylic acids is 1. The molecule has 96 valence electrons.